The molecule has 7 heteroatoms. The largest absolute Gasteiger partial charge is 0.433 e. The normalized spacial score (nSPS) is 20.1. The fourth-order valence-corrected chi connectivity index (χ4v) is 2.35. The number of nitrogens with two attached hydrogens (primary N) is 1. The lowest BCUT2D eigenvalue weighted by Crippen LogP contribution is -2.34. The van der Waals surface area contributed by atoms with Crippen LogP contribution in [0.1, 0.15) is 24.1 Å². The molecule has 1 fully saturated rings. The van der Waals surface area contributed by atoms with E-state index in [0.29, 0.717) is 12.1 Å². The van der Waals surface area contributed by atoms with Gasteiger partial charge in [0.15, 0.2) is 0 Å². The number of hydrogen-bond acceptors (Lipinski definition) is 4. The summed E-state index contributed by atoms with van der Waals surface area (Å²) in [5.41, 5.74) is 5.19. The Labute approximate surface area is 109 Å². The highest BCUT2D eigenvalue weighted by Crippen LogP contribution is 2.32. The Morgan fingerprint density at radius 3 is 2.74 bits per heavy atom. The maximum Gasteiger partial charge on any atom is 0.433 e. The van der Waals surface area contributed by atoms with Crippen LogP contribution >= 0.6 is 0 Å². The molecule has 2 rings (SSSR count). The summed E-state index contributed by atoms with van der Waals surface area (Å²) in [6, 6.07) is 2.12. The molecule has 1 aromatic heterocycles. The van der Waals surface area contributed by atoms with E-state index in [-0.39, 0.29) is 25.0 Å². The van der Waals surface area contributed by atoms with E-state index in [2.05, 4.69) is 4.98 Å². The van der Waals surface area contributed by atoms with Gasteiger partial charge in [-0.05, 0) is 18.9 Å². The van der Waals surface area contributed by atoms with Crippen molar-refractivity contribution in [3.05, 3.63) is 23.4 Å². The van der Waals surface area contributed by atoms with Crippen molar-refractivity contribution < 1.29 is 18.3 Å². The summed E-state index contributed by atoms with van der Waals surface area (Å²) in [7, 11) is 0. The Kier molecular flexibility index (Phi) is 3.96. The molecule has 19 heavy (non-hydrogen) atoms. The third kappa shape index (κ3) is 2.82. The van der Waals surface area contributed by atoms with Crippen LogP contribution in [-0.2, 0) is 12.7 Å². The van der Waals surface area contributed by atoms with E-state index < -0.39 is 11.9 Å². The summed E-state index contributed by atoms with van der Waals surface area (Å²) in [6.45, 7) is 0.615. The molecule has 1 atom stereocenters. The molecule has 2 heterocycles. The Morgan fingerprint density at radius 1 is 1.42 bits per heavy atom. The molecular weight excluding hydrogens is 259 g/mol. The molecule has 0 unspecified atom stereocenters. The van der Waals surface area contributed by atoms with Crippen molar-refractivity contribution in [3.8, 4) is 0 Å². The lowest BCUT2D eigenvalue weighted by atomic mass is 10.2. The molecule has 4 nitrogen and oxygen atoms in total. The maximum absolute atomic E-state index is 12.7. The van der Waals surface area contributed by atoms with Crippen LogP contribution in [-0.4, -0.2) is 29.3 Å². The monoisotopic (exact) mass is 275 g/mol. The number of rotatable bonds is 3. The number of halogens is 3. The van der Waals surface area contributed by atoms with Gasteiger partial charge in [0.25, 0.3) is 0 Å². The summed E-state index contributed by atoms with van der Waals surface area (Å²) in [4.78, 5) is 5.42. The minimum absolute atomic E-state index is 0.0953. The van der Waals surface area contributed by atoms with Crippen molar-refractivity contribution in [3.63, 3.8) is 0 Å². The van der Waals surface area contributed by atoms with Crippen LogP contribution in [0.3, 0.4) is 0 Å². The number of aromatic nitrogens is 1. The van der Waals surface area contributed by atoms with E-state index in [1.807, 2.05) is 0 Å². The quantitative estimate of drug-likeness (QED) is 0.878. The summed E-state index contributed by atoms with van der Waals surface area (Å²) < 4.78 is 38.1. The molecule has 106 valence electrons. The molecule has 0 saturated carbocycles. The molecule has 0 bridgehead atoms. The van der Waals surface area contributed by atoms with E-state index in [0.717, 1.165) is 18.9 Å². The van der Waals surface area contributed by atoms with Gasteiger partial charge < -0.3 is 15.7 Å². The van der Waals surface area contributed by atoms with Crippen LogP contribution in [0.2, 0.25) is 0 Å². The van der Waals surface area contributed by atoms with Crippen molar-refractivity contribution in [2.45, 2.75) is 31.6 Å². The number of anilines is 1. The second kappa shape index (κ2) is 5.34. The first kappa shape index (κ1) is 14.1. The molecule has 1 aliphatic rings. The number of aliphatic hydroxyl groups excluding tert-OH is 1. The standard InChI is InChI=1S/C12H16F3N3O/c13-12(14,15)10-4-3-8(6-16)11(17-10)18-5-1-2-9(18)7-19/h3-4,9,19H,1-2,5-7,16H2/t9-/m0/s1. The molecule has 0 aromatic carbocycles. The molecule has 0 aliphatic carbocycles. The second-order valence-electron chi connectivity index (χ2n) is 4.55. The number of aliphatic hydroxyl groups is 1. The number of alkyl halides is 3. The van der Waals surface area contributed by atoms with Crippen molar-refractivity contribution in [2.24, 2.45) is 5.73 Å². The number of pyridine rings is 1. The van der Waals surface area contributed by atoms with E-state index >= 15 is 0 Å². The predicted octanol–water partition coefficient (Wildman–Crippen LogP) is 1.52. The van der Waals surface area contributed by atoms with Gasteiger partial charge in [0.2, 0.25) is 0 Å². The van der Waals surface area contributed by atoms with Gasteiger partial charge in [-0.1, -0.05) is 6.07 Å². The molecule has 0 amide bonds. The lowest BCUT2D eigenvalue weighted by molar-refractivity contribution is -0.141. The Bertz CT molecular complexity index is 450. The third-order valence-electron chi connectivity index (χ3n) is 3.33. The summed E-state index contributed by atoms with van der Waals surface area (Å²) in [6.07, 6.45) is -2.90. The average Bonchev–Trinajstić information content (AvgIpc) is 2.85. The fourth-order valence-electron chi connectivity index (χ4n) is 2.35. The van der Waals surface area contributed by atoms with Crippen LogP contribution in [0.15, 0.2) is 12.1 Å². The van der Waals surface area contributed by atoms with Crippen LogP contribution in [0.25, 0.3) is 0 Å². The van der Waals surface area contributed by atoms with Crippen molar-refractivity contribution in [1.82, 2.24) is 4.98 Å². The molecule has 1 aromatic rings. The van der Waals surface area contributed by atoms with Crippen LogP contribution in [0, 0.1) is 0 Å². The van der Waals surface area contributed by atoms with Gasteiger partial charge in [0.1, 0.15) is 11.5 Å². The lowest BCUT2D eigenvalue weighted by Gasteiger charge is -2.26. The molecule has 0 radical (unpaired) electrons. The van der Waals surface area contributed by atoms with Gasteiger partial charge in [-0.15, -0.1) is 0 Å². The first-order valence-electron chi connectivity index (χ1n) is 6.12. The highest BCUT2D eigenvalue weighted by atomic mass is 19.4. The molecule has 3 N–H and O–H groups in total. The highest BCUT2D eigenvalue weighted by Gasteiger charge is 2.35. The Balaban J connectivity index is 2.41. The van der Waals surface area contributed by atoms with E-state index in [4.69, 9.17) is 5.73 Å². The Hall–Kier alpha value is -1.34. The number of hydrogen-bond donors (Lipinski definition) is 2. The van der Waals surface area contributed by atoms with Crippen LogP contribution in [0.4, 0.5) is 19.0 Å². The smallest absolute Gasteiger partial charge is 0.394 e. The van der Waals surface area contributed by atoms with E-state index in [1.54, 1.807) is 4.90 Å². The summed E-state index contributed by atoms with van der Waals surface area (Å²) in [5, 5.41) is 9.27. The molecule has 0 spiro atoms. The first-order valence-corrected chi connectivity index (χ1v) is 6.12. The summed E-state index contributed by atoms with van der Waals surface area (Å²) >= 11 is 0. The van der Waals surface area contributed by atoms with Crippen molar-refractivity contribution in [2.75, 3.05) is 18.1 Å². The van der Waals surface area contributed by atoms with Gasteiger partial charge in [-0.2, -0.15) is 13.2 Å². The van der Waals surface area contributed by atoms with Gasteiger partial charge in [0.05, 0.1) is 12.6 Å². The van der Waals surface area contributed by atoms with Gasteiger partial charge in [0, 0.05) is 18.7 Å². The van der Waals surface area contributed by atoms with Gasteiger partial charge in [-0.3, -0.25) is 0 Å². The Morgan fingerprint density at radius 2 is 2.16 bits per heavy atom. The zero-order valence-corrected chi connectivity index (χ0v) is 10.3. The number of nitrogens with zero attached hydrogens (tertiary/aromatic N) is 2. The third-order valence-corrected chi connectivity index (χ3v) is 3.33. The molecule has 1 saturated heterocycles. The molecular formula is C12H16F3N3O. The highest BCUT2D eigenvalue weighted by molar-refractivity contribution is 5.50. The zero-order chi connectivity index (χ0) is 14.0. The zero-order valence-electron chi connectivity index (χ0n) is 10.3. The van der Waals surface area contributed by atoms with Gasteiger partial charge in [-0.25, -0.2) is 4.98 Å². The van der Waals surface area contributed by atoms with E-state index in [1.165, 1.54) is 6.07 Å². The average molecular weight is 275 g/mol. The predicted molar refractivity (Wildman–Crippen MR) is 64.6 cm³/mol. The fraction of sp³-hybridized carbons (Fsp3) is 0.583. The minimum Gasteiger partial charge on any atom is -0.394 e. The van der Waals surface area contributed by atoms with Crippen molar-refractivity contribution in [1.29, 1.82) is 0 Å². The van der Waals surface area contributed by atoms with Crippen LogP contribution < -0.4 is 10.6 Å². The van der Waals surface area contributed by atoms with Crippen LogP contribution in [0.5, 0.6) is 0 Å². The maximum atomic E-state index is 12.7. The van der Waals surface area contributed by atoms with Gasteiger partial charge >= 0.3 is 6.18 Å². The van der Waals surface area contributed by atoms with Crippen molar-refractivity contribution >= 4 is 5.82 Å². The SMILES string of the molecule is NCc1ccc(C(F)(F)F)nc1N1CCC[C@H]1CO. The minimum atomic E-state index is -4.48. The molecule has 1 aliphatic heterocycles. The first-order chi connectivity index (χ1) is 8.97. The van der Waals surface area contributed by atoms with E-state index in [9.17, 15) is 18.3 Å². The second-order valence-corrected chi connectivity index (χ2v) is 4.55. The summed E-state index contributed by atoms with van der Waals surface area (Å²) in [5.74, 6) is 0.244. The topological polar surface area (TPSA) is 62.4 Å².